The van der Waals surface area contributed by atoms with Crippen LogP contribution in [0.2, 0.25) is 10.2 Å². The quantitative estimate of drug-likeness (QED) is 0.871. The molecule has 0 spiro atoms. The van der Waals surface area contributed by atoms with Crippen LogP contribution in [0.15, 0.2) is 30.5 Å². The van der Waals surface area contributed by atoms with Crippen LogP contribution in [0.5, 0.6) is 0 Å². The van der Waals surface area contributed by atoms with Crippen molar-refractivity contribution >= 4 is 34.9 Å². The van der Waals surface area contributed by atoms with Crippen LogP contribution in [-0.4, -0.2) is 15.5 Å². The molecular formula is C13H13Cl2N3O. The average molecular weight is 298 g/mol. The molecule has 2 heterocycles. The van der Waals surface area contributed by atoms with E-state index in [1.54, 1.807) is 30.5 Å². The first-order valence-electron chi connectivity index (χ1n) is 5.89. The number of pyridine rings is 1. The first-order valence-corrected chi connectivity index (χ1v) is 6.65. The smallest absolute Gasteiger partial charge is 0.273 e. The lowest BCUT2D eigenvalue weighted by atomic mass is 10.3. The van der Waals surface area contributed by atoms with Gasteiger partial charge in [0, 0.05) is 12.7 Å². The highest BCUT2D eigenvalue weighted by Crippen LogP contribution is 2.17. The minimum atomic E-state index is -0.255. The Morgan fingerprint density at radius 1 is 1.42 bits per heavy atom. The molecule has 0 saturated carbocycles. The molecule has 0 unspecified atom stereocenters. The number of nitrogens with zero attached hydrogens (tertiary/aromatic N) is 2. The topological polar surface area (TPSA) is 46.9 Å². The number of aromatic nitrogens is 2. The van der Waals surface area contributed by atoms with Gasteiger partial charge in [-0.3, -0.25) is 4.79 Å². The fourth-order valence-electron chi connectivity index (χ4n) is 1.75. The number of carbonyl (C=O) groups excluding carboxylic acids is 1. The number of nitrogens with one attached hydrogen (secondary N) is 1. The monoisotopic (exact) mass is 297 g/mol. The summed E-state index contributed by atoms with van der Waals surface area (Å²) in [5, 5.41) is 3.57. The van der Waals surface area contributed by atoms with E-state index in [-0.39, 0.29) is 5.91 Å². The van der Waals surface area contributed by atoms with Crippen LogP contribution in [0.1, 0.15) is 23.8 Å². The molecule has 2 rings (SSSR count). The van der Waals surface area contributed by atoms with E-state index in [9.17, 15) is 4.79 Å². The summed E-state index contributed by atoms with van der Waals surface area (Å²) in [5.74, 6) is 0.160. The lowest BCUT2D eigenvalue weighted by Gasteiger charge is -2.08. The van der Waals surface area contributed by atoms with Gasteiger partial charge in [0.1, 0.15) is 16.7 Å². The maximum absolute atomic E-state index is 12.2. The summed E-state index contributed by atoms with van der Waals surface area (Å²) in [7, 11) is 0. The van der Waals surface area contributed by atoms with E-state index in [0.29, 0.717) is 21.7 Å². The Morgan fingerprint density at radius 3 is 2.89 bits per heavy atom. The van der Waals surface area contributed by atoms with Crippen molar-refractivity contribution in [3.8, 4) is 0 Å². The first kappa shape index (κ1) is 13.9. The molecule has 0 radical (unpaired) electrons. The van der Waals surface area contributed by atoms with Crippen LogP contribution in [0.4, 0.5) is 5.82 Å². The Kier molecular flexibility index (Phi) is 4.45. The van der Waals surface area contributed by atoms with Crippen molar-refractivity contribution in [3.05, 3.63) is 46.3 Å². The van der Waals surface area contributed by atoms with Crippen LogP contribution < -0.4 is 5.32 Å². The van der Waals surface area contributed by atoms with Crippen molar-refractivity contribution in [1.82, 2.24) is 9.55 Å². The number of anilines is 1. The molecule has 0 aliphatic carbocycles. The maximum Gasteiger partial charge on any atom is 0.273 e. The predicted octanol–water partition coefficient (Wildman–Crippen LogP) is 3.85. The molecule has 1 N–H and O–H groups in total. The zero-order valence-corrected chi connectivity index (χ0v) is 11.9. The van der Waals surface area contributed by atoms with E-state index in [4.69, 9.17) is 23.2 Å². The second-order valence-corrected chi connectivity index (χ2v) is 4.86. The molecule has 0 aliphatic heterocycles. The lowest BCUT2D eigenvalue weighted by molar-refractivity contribution is 0.101. The zero-order valence-electron chi connectivity index (χ0n) is 10.4. The molecule has 19 heavy (non-hydrogen) atoms. The summed E-state index contributed by atoms with van der Waals surface area (Å²) in [6, 6.07) is 6.69. The van der Waals surface area contributed by atoms with Gasteiger partial charge in [-0.1, -0.05) is 36.2 Å². The van der Waals surface area contributed by atoms with Crippen molar-refractivity contribution < 1.29 is 4.79 Å². The Bertz CT molecular complexity index is 595. The summed E-state index contributed by atoms with van der Waals surface area (Å²) < 4.78 is 1.82. The molecule has 0 saturated heterocycles. The summed E-state index contributed by atoms with van der Waals surface area (Å²) in [6.45, 7) is 2.77. The van der Waals surface area contributed by atoms with Crippen molar-refractivity contribution in [2.24, 2.45) is 0 Å². The highest BCUT2D eigenvalue weighted by atomic mass is 35.5. The number of aryl methyl sites for hydroxylation is 1. The van der Waals surface area contributed by atoms with Gasteiger partial charge in [-0.25, -0.2) is 4.98 Å². The lowest BCUT2D eigenvalue weighted by Crippen LogP contribution is -2.17. The number of rotatable bonds is 4. The normalized spacial score (nSPS) is 10.5. The number of hydrogen-bond acceptors (Lipinski definition) is 2. The average Bonchev–Trinajstić information content (AvgIpc) is 2.71. The van der Waals surface area contributed by atoms with Gasteiger partial charge in [-0.2, -0.15) is 0 Å². The van der Waals surface area contributed by atoms with Gasteiger partial charge in [-0.15, -0.1) is 0 Å². The van der Waals surface area contributed by atoms with Gasteiger partial charge in [0.15, 0.2) is 0 Å². The van der Waals surface area contributed by atoms with E-state index < -0.39 is 0 Å². The Hall–Kier alpha value is -1.52. The van der Waals surface area contributed by atoms with Crippen LogP contribution in [-0.2, 0) is 6.54 Å². The molecule has 100 valence electrons. The second-order valence-electron chi connectivity index (χ2n) is 4.04. The number of carbonyl (C=O) groups is 1. The third-order valence-corrected chi connectivity index (χ3v) is 2.93. The van der Waals surface area contributed by atoms with E-state index in [1.807, 2.05) is 11.5 Å². The SMILES string of the molecule is CCCn1cc(Cl)cc1C(=O)Nc1cccc(Cl)n1. The van der Waals surface area contributed by atoms with Gasteiger partial charge in [-0.05, 0) is 24.6 Å². The van der Waals surface area contributed by atoms with E-state index >= 15 is 0 Å². The summed E-state index contributed by atoms with van der Waals surface area (Å²) >= 11 is 11.7. The maximum atomic E-state index is 12.2. The first-order chi connectivity index (χ1) is 9.10. The van der Waals surface area contributed by atoms with Gasteiger partial charge in [0.25, 0.3) is 5.91 Å². The summed E-state index contributed by atoms with van der Waals surface area (Å²) in [6.07, 6.45) is 2.66. The molecule has 6 heteroatoms. The van der Waals surface area contributed by atoms with Gasteiger partial charge in [0.05, 0.1) is 5.02 Å². The Labute approximate surface area is 121 Å². The third kappa shape index (κ3) is 3.49. The van der Waals surface area contributed by atoms with Crippen molar-refractivity contribution in [2.45, 2.75) is 19.9 Å². The number of halogens is 2. The largest absolute Gasteiger partial charge is 0.342 e. The molecule has 0 bridgehead atoms. The molecule has 2 aromatic heterocycles. The van der Waals surface area contributed by atoms with E-state index in [0.717, 1.165) is 13.0 Å². The van der Waals surface area contributed by atoms with Crippen molar-refractivity contribution in [1.29, 1.82) is 0 Å². The molecule has 2 aromatic rings. The van der Waals surface area contributed by atoms with Crippen molar-refractivity contribution in [2.75, 3.05) is 5.32 Å². The zero-order chi connectivity index (χ0) is 13.8. The molecule has 4 nitrogen and oxygen atoms in total. The third-order valence-electron chi connectivity index (χ3n) is 2.52. The van der Waals surface area contributed by atoms with Crippen LogP contribution >= 0.6 is 23.2 Å². The minimum absolute atomic E-state index is 0.255. The summed E-state index contributed by atoms with van der Waals surface area (Å²) in [4.78, 5) is 16.2. The minimum Gasteiger partial charge on any atom is -0.342 e. The molecule has 0 aromatic carbocycles. The second kappa shape index (κ2) is 6.08. The fraction of sp³-hybridized carbons (Fsp3) is 0.231. The molecular weight excluding hydrogens is 285 g/mol. The van der Waals surface area contributed by atoms with Crippen LogP contribution in [0.3, 0.4) is 0 Å². The molecule has 1 amide bonds. The van der Waals surface area contributed by atoms with E-state index in [1.165, 1.54) is 0 Å². The van der Waals surface area contributed by atoms with Crippen LogP contribution in [0.25, 0.3) is 0 Å². The molecule has 0 atom stereocenters. The standard InChI is InChI=1S/C13H13Cl2N3O/c1-2-6-18-8-9(14)7-10(18)13(19)17-12-5-3-4-11(15)16-12/h3-5,7-8H,2,6H2,1H3,(H,16,17,19). The van der Waals surface area contributed by atoms with Crippen molar-refractivity contribution in [3.63, 3.8) is 0 Å². The number of amides is 1. The van der Waals surface area contributed by atoms with Crippen LogP contribution in [0, 0.1) is 0 Å². The highest BCUT2D eigenvalue weighted by molar-refractivity contribution is 6.31. The Morgan fingerprint density at radius 2 is 2.21 bits per heavy atom. The van der Waals surface area contributed by atoms with Gasteiger partial charge in [0.2, 0.25) is 0 Å². The highest BCUT2D eigenvalue weighted by Gasteiger charge is 2.13. The fourth-order valence-corrected chi connectivity index (χ4v) is 2.13. The Balaban J connectivity index is 2.20. The molecule has 0 aliphatic rings. The van der Waals surface area contributed by atoms with E-state index in [2.05, 4.69) is 10.3 Å². The predicted molar refractivity (Wildman–Crippen MR) is 76.9 cm³/mol. The van der Waals surface area contributed by atoms with Gasteiger partial charge >= 0.3 is 0 Å². The molecule has 0 fully saturated rings. The van der Waals surface area contributed by atoms with Gasteiger partial charge < -0.3 is 9.88 Å². The number of hydrogen-bond donors (Lipinski definition) is 1. The summed E-state index contributed by atoms with van der Waals surface area (Å²) in [5.41, 5.74) is 0.508.